The summed E-state index contributed by atoms with van der Waals surface area (Å²) in [5, 5.41) is 22.7. The number of hydrogen-bond donors (Lipinski definition) is 2. The van der Waals surface area contributed by atoms with Crippen molar-refractivity contribution in [3.63, 3.8) is 0 Å². The topological polar surface area (TPSA) is 121 Å². The molecule has 1 fully saturated rings. The van der Waals surface area contributed by atoms with Crippen LogP contribution in [0.5, 0.6) is 0 Å². The van der Waals surface area contributed by atoms with Gasteiger partial charge in [0.05, 0.1) is 17.7 Å². The Morgan fingerprint density at radius 3 is 2.39 bits per heavy atom. The second-order valence-electron chi connectivity index (χ2n) is 8.63. The lowest BCUT2D eigenvalue weighted by Crippen LogP contribution is -2.51. The minimum Gasteiger partial charge on any atom is -0.512 e. The highest BCUT2D eigenvalue weighted by Crippen LogP contribution is 2.47. The zero-order valence-corrected chi connectivity index (χ0v) is 17.7. The molecule has 0 bridgehead atoms. The van der Waals surface area contributed by atoms with Gasteiger partial charge in [-0.1, -0.05) is 25.4 Å². The first-order chi connectivity index (χ1) is 14.5. The summed E-state index contributed by atoms with van der Waals surface area (Å²) in [4.78, 5) is 53.2. The second kappa shape index (κ2) is 7.03. The number of aliphatic hydroxyl groups is 2. The molecule has 31 heavy (non-hydrogen) atoms. The lowest BCUT2D eigenvalue weighted by Gasteiger charge is -2.35. The van der Waals surface area contributed by atoms with Crippen LogP contribution in [0, 0.1) is 5.41 Å². The summed E-state index contributed by atoms with van der Waals surface area (Å²) < 4.78 is 5.00. The van der Waals surface area contributed by atoms with E-state index in [2.05, 4.69) is 0 Å². The molecule has 162 valence electrons. The average Bonchev–Trinajstić information content (AvgIpc) is 2.89. The lowest BCUT2D eigenvalue weighted by atomic mass is 9.70. The smallest absolute Gasteiger partial charge is 0.355 e. The molecule has 1 atom stereocenters. The third-order valence-corrected chi connectivity index (χ3v) is 5.96. The summed E-state index contributed by atoms with van der Waals surface area (Å²) >= 11 is 5.88. The fraction of sp³-hybridized carbons (Fsp3) is 0.364. The van der Waals surface area contributed by atoms with Crippen LogP contribution in [0.3, 0.4) is 0 Å². The van der Waals surface area contributed by atoms with Crippen LogP contribution in [0.1, 0.15) is 37.0 Å². The van der Waals surface area contributed by atoms with Gasteiger partial charge in [-0.2, -0.15) is 0 Å². The van der Waals surface area contributed by atoms with Crippen molar-refractivity contribution in [2.24, 2.45) is 5.41 Å². The summed E-state index contributed by atoms with van der Waals surface area (Å²) in [5.74, 6) is -3.99. The number of esters is 1. The normalized spacial score (nSPS) is 25.7. The largest absolute Gasteiger partial charge is 0.512 e. The molecular formula is C22H20ClNO7. The highest BCUT2D eigenvalue weighted by atomic mass is 35.5. The van der Waals surface area contributed by atoms with Crippen molar-refractivity contribution >= 4 is 35.0 Å². The van der Waals surface area contributed by atoms with Gasteiger partial charge in [-0.15, -0.1) is 0 Å². The maximum absolute atomic E-state index is 13.4. The Kier molecular flexibility index (Phi) is 4.83. The van der Waals surface area contributed by atoms with Crippen LogP contribution < -0.4 is 0 Å². The van der Waals surface area contributed by atoms with Gasteiger partial charge in [0.15, 0.2) is 11.6 Å². The Morgan fingerprint density at radius 1 is 1.13 bits per heavy atom. The zero-order chi connectivity index (χ0) is 22.7. The van der Waals surface area contributed by atoms with Crippen LogP contribution in [0.25, 0.3) is 0 Å². The number of carbonyl (C=O) groups is 4. The van der Waals surface area contributed by atoms with Gasteiger partial charge in [-0.3, -0.25) is 19.3 Å². The number of Topliss-reactive ketones (excluding diaryl/α,β-unsaturated/α-hetero) is 2. The molecule has 8 nitrogen and oxygen atoms in total. The molecule has 0 saturated carbocycles. The van der Waals surface area contributed by atoms with E-state index in [4.69, 9.17) is 16.3 Å². The molecule has 9 heteroatoms. The maximum Gasteiger partial charge on any atom is 0.355 e. The number of aliphatic hydroxyl groups excluding tert-OH is 1. The first kappa shape index (κ1) is 21.3. The minimum absolute atomic E-state index is 0.0197. The number of benzene rings is 1. The summed E-state index contributed by atoms with van der Waals surface area (Å²) in [7, 11) is 0. The molecule has 1 unspecified atom stereocenters. The Hall–Kier alpha value is -2.97. The number of allylic oxidation sites excluding steroid dienone is 1. The van der Waals surface area contributed by atoms with Crippen molar-refractivity contribution in [3.8, 4) is 0 Å². The summed E-state index contributed by atoms with van der Waals surface area (Å²) in [6.45, 7) is 3.31. The number of rotatable bonds is 3. The van der Waals surface area contributed by atoms with Crippen LogP contribution >= 0.6 is 11.6 Å². The molecule has 0 aromatic heterocycles. The van der Waals surface area contributed by atoms with Gasteiger partial charge in [0.2, 0.25) is 5.60 Å². The second-order valence-corrected chi connectivity index (χ2v) is 9.06. The molecule has 1 amide bonds. The highest BCUT2D eigenvalue weighted by Gasteiger charge is 2.62. The molecule has 2 N–H and O–H groups in total. The minimum atomic E-state index is -2.80. The van der Waals surface area contributed by atoms with E-state index in [9.17, 15) is 29.4 Å². The number of carbonyl (C=O) groups excluding carboxylic acids is 4. The number of ether oxygens (including phenoxy) is 1. The molecule has 2 aliphatic heterocycles. The molecule has 0 radical (unpaired) electrons. The highest BCUT2D eigenvalue weighted by molar-refractivity contribution is 6.31. The predicted octanol–water partition coefficient (Wildman–Crippen LogP) is 2.11. The summed E-state index contributed by atoms with van der Waals surface area (Å²) in [6, 6.07) is 5.63. The number of hydrogen-bond acceptors (Lipinski definition) is 7. The first-order valence-electron chi connectivity index (χ1n) is 9.69. The lowest BCUT2D eigenvalue weighted by molar-refractivity contribution is -0.152. The van der Waals surface area contributed by atoms with Gasteiger partial charge >= 0.3 is 5.97 Å². The van der Waals surface area contributed by atoms with Crippen LogP contribution in [0.15, 0.2) is 46.9 Å². The number of amides is 1. The van der Waals surface area contributed by atoms with Gasteiger partial charge in [-0.05, 0) is 29.7 Å². The third-order valence-electron chi connectivity index (χ3n) is 5.71. The van der Waals surface area contributed by atoms with Gasteiger partial charge in [0.25, 0.3) is 5.91 Å². The van der Waals surface area contributed by atoms with Crippen molar-refractivity contribution < 1.29 is 34.1 Å². The molecule has 1 aromatic rings. The maximum atomic E-state index is 13.4. The summed E-state index contributed by atoms with van der Waals surface area (Å²) in [5.41, 5.74) is -4.93. The van der Waals surface area contributed by atoms with Crippen LogP contribution in [-0.4, -0.2) is 57.3 Å². The molecule has 1 aliphatic carbocycles. The van der Waals surface area contributed by atoms with Gasteiger partial charge in [-0.25, -0.2) is 4.79 Å². The van der Waals surface area contributed by atoms with Gasteiger partial charge in [0, 0.05) is 23.4 Å². The Bertz CT molecular complexity index is 1100. The van der Waals surface area contributed by atoms with E-state index in [0.29, 0.717) is 5.02 Å². The number of nitrogens with zero attached hydrogens (tertiary/aromatic N) is 1. The average molecular weight is 446 g/mol. The van der Waals surface area contributed by atoms with Crippen molar-refractivity contribution in [1.29, 1.82) is 0 Å². The third kappa shape index (κ3) is 3.18. The zero-order valence-electron chi connectivity index (χ0n) is 16.9. The number of morpholine rings is 1. The first-order valence-corrected chi connectivity index (χ1v) is 10.1. The van der Waals surface area contributed by atoms with E-state index >= 15 is 0 Å². The van der Waals surface area contributed by atoms with E-state index < -0.39 is 57.1 Å². The fourth-order valence-corrected chi connectivity index (χ4v) is 4.51. The fourth-order valence-electron chi connectivity index (χ4n) is 4.38. The molecule has 1 aromatic carbocycles. The van der Waals surface area contributed by atoms with E-state index in [1.807, 2.05) is 0 Å². The molecule has 1 saturated heterocycles. The van der Waals surface area contributed by atoms with Gasteiger partial charge < -0.3 is 14.9 Å². The van der Waals surface area contributed by atoms with Crippen LogP contribution in [-0.2, 0) is 19.1 Å². The van der Waals surface area contributed by atoms with E-state index in [1.165, 1.54) is 24.3 Å². The molecule has 0 spiro atoms. The van der Waals surface area contributed by atoms with Crippen LogP contribution in [0.4, 0.5) is 0 Å². The SMILES string of the molecule is CC1(C)CC(=O)C(C2(O)C(=O)N3CCOC(=O)C3=C2C(=O)c2ccc(Cl)cc2)=C(O)C1. The predicted molar refractivity (Wildman–Crippen MR) is 108 cm³/mol. The Morgan fingerprint density at radius 2 is 1.77 bits per heavy atom. The van der Waals surface area contributed by atoms with E-state index in [1.54, 1.807) is 13.8 Å². The standard InChI is InChI=1S/C22H20ClNO7/c1-21(2)9-13(25)15(14(26)10-21)22(30)16(18(27)11-3-5-12(23)6-4-11)17-19(28)31-8-7-24(17)20(22)29/h3-6,25,30H,7-10H2,1-2H3. The monoisotopic (exact) mass is 445 g/mol. The number of cyclic esters (lactones) is 1. The van der Waals surface area contributed by atoms with Crippen LogP contribution in [0.2, 0.25) is 5.02 Å². The Balaban J connectivity index is 1.97. The van der Waals surface area contributed by atoms with Crippen molar-refractivity contribution in [1.82, 2.24) is 4.90 Å². The summed E-state index contributed by atoms with van der Waals surface area (Å²) in [6.07, 6.45) is -0.0317. The van der Waals surface area contributed by atoms with E-state index in [0.717, 1.165) is 4.90 Å². The number of ketones is 2. The van der Waals surface area contributed by atoms with E-state index in [-0.39, 0.29) is 31.6 Å². The molecule has 4 rings (SSSR count). The quantitative estimate of drug-likeness (QED) is 0.539. The Labute approximate surface area is 182 Å². The van der Waals surface area contributed by atoms with Gasteiger partial charge in [0.1, 0.15) is 18.1 Å². The number of fused-ring (bicyclic) bond motifs is 1. The van der Waals surface area contributed by atoms with Crippen molar-refractivity contribution in [2.45, 2.75) is 32.3 Å². The van der Waals surface area contributed by atoms with Crippen molar-refractivity contribution in [2.75, 3.05) is 13.2 Å². The number of halogens is 1. The molecular weight excluding hydrogens is 426 g/mol. The van der Waals surface area contributed by atoms with Crippen molar-refractivity contribution in [3.05, 3.63) is 57.5 Å². The molecule has 2 heterocycles. The molecule has 3 aliphatic rings.